The van der Waals surface area contributed by atoms with Crippen molar-refractivity contribution < 1.29 is 19.1 Å². The molecule has 5 nitrogen and oxygen atoms in total. The summed E-state index contributed by atoms with van der Waals surface area (Å²) in [4.78, 5) is 24.5. The number of hydrogen-bond acceptors (Lipinski definition) is 3. The van der Waals surface area contributed by atoms with Gasteiger partial charge < -0.3 is 10.3 Å². The van der Waals surface area contributed by atoms with Crippen LogP contribution in [0.1, 0.15) is 20.3 Å². The molecule has 1 aliphatic rings. The Bertz CT molecular complexity index is 278. The lowest BCUT2D eigenvalue weighted by Gasteiger charge is -2.25. The number of esters is 1. The number of nitrogens with zero attached hydrogens (tertiary/aromatic N) is 2. The average Bonchev–Trinajstić information content (AvgIpc) is 1.82. The number of ketones is 1. The fraction of sp³-hybridized carbons (Fsp3) is 0.571. The molecule has 1 saturated heterocycles. The van der Waals surface area contributed by atoms with Crippen molar-refractivity contribution in [3.63, 3.8) is 0 Å². The summed E-state index contributed by atoms with van der Waals surface area (Å²) in [5.74, 6) is -1.35. The highest BCUT2D eigenvalue weighted by Crippen LogP contribution is 2.19. The third-order valence-electron chi connectivity index (χ3n) is 1.51. The minimum absolute atomic E-state index is 0.0537. The molecule has 64 valence electrons. The molecule has 1 aliphatic heterocycles. The van der Waals surface area contributed by atoms with Gasteiger partial charge in [0.1, 0.15) is 5.60 Å². The fourth-order valence-electron chi connectivity index (χ4n) is 1.02. The van der Waals surface area contributed by atoms with Crippen LogP contribution in [0.3, 0.4) is 0 Å². The number of Topliss-reactive ketones (excluding diaryl/α,β-unsaturated/α-hetero) is 1. The van der Waals surface area contributed by atoms with Crippen LogP contribution in [-0.2, 0) is 14.3 Å². The highest BCUT2D eigenvalue weighted by Gasteiger charge is 2.44. The zero-order valence-electron chi connectivity index (χ0n) is 6.83. The molecule has 0 spiro atoms. The second-order valence-electron chi connectivity index (χ2n) is 3.20. The Morgan fingerprint density at radius 2 is 2.08 bits per heavy atom. The van der Waals surface area contributed by atoms with Crippen LogP contribution < -0.4 is 0 Å². The fourth-order valence-corrected chi connectivity index (χ4v) is 1.02. The van der Waals surface area contributed by atoms with Crippen LogP contribution in [0.25, 0.3) is 5.53 Å². The summed E-state index contributed by atoms with van der Waals surface area (Å²) in [6, 6.07) is 0. The van der Waals surface area contributed by atoms with Gasteiger partial charge in [0.2, 0.25) is 0 Å². The van der Waals surface area contributed by atoms with E-state index >= 15 is 0 Å². The second kappa shape index (κ2) is 2.53. The Morgan fingerprint density at radius 1 is 1.50 bits per heavy atom. The Morgan fingerprint density at radius 3 is 2.50 bits per heavy atom. The molecule has 1 rings (SSSR count). The molecule has 1 heterocycles. The van der Waals surface area contributed by atoms with E-state index in [-0.39, 0.29) is 6.42 Å². The smallest absolute Gasteiger partial charge is 0.441 e. The second-order valence-corrected chi connectivity index (χ2v) is 3.20. The maximum Gasteiger partial charge on any atom is 0.441 e. The van der Waals surface area contributed by atoms with Gasteiger partial charge in [-0.3, -0.25) is 4.79 Å². The first-order valence-corrected chi connectivity index (χ1v) is 3.45. The molecule has 0 aromatic rings. The van der Waals surface area contributed by atoms with Crippen molar-refractivity contribution in [2.45, 2.75) is 25.9 Å². The molecule has 0 atom stereocenters. The van der Waals surface area contributed by atoms with Gasteiger partial charge in [0.15, 0.2) is 0 Å². The molecule has 0 aliphatic carbocycles. The number of ether oxygens (including phenoxy) is 1. The Balaban J connectivity index is 3.00. The van der Waals surface area contributed by atoms with E-state index in [0.717, 1.165) is 0 Å². The SMILES string of the molecule is CC1(C)CC(=O)C(=[N+]=[N-])C(=O)O1. The van der Waals surface area contributed by atoms with E-state index in [2.05, 4.69) is 4.79 Å². The van der Waals surface area contributed by atoms with Crippen molar-refractivity contribution in [1.82, 2.24) is 0 Å². The summed E-state index contributed by atoms with van der Waals surface area (Å²) in [6.45, 7) is 3.24. The molecule has 0 bridgehead atoms. The summed E-state index contributed by atoms with van der Waals surface area (Å²) in [7, 11) is 0. The van der Waals surface area contributed by atoms with Crippen molar-refractivity contribution in [2.75, 3.05) is 0 Å². The highest BCUT2D eigenvalue weighted by molar-refractivity contribution is 6.63. The van der Waals surface area contributed by atoms with Gasteiger partial charge in [-0.15, -0.1) is 0 Å². The number of rotatable bonds is 0. The van der Waals surface area contributed by atoms with Gasteiger partial charge in [-0.1, -0.05) is 0 Å². The van der Waals surface area contributed by atoms with Gasteiger partial charge in [0.05, 0.1) is 6.42 Å². The van der Waals surface area contributed by atoms with Gasteiger partial charge >= 0.3 is 11.7 Å². The van der Waals surface area contributed by atoms with Crippen LogP contribution in [0.5, 0.6) is 0 Å². The summed E-state index contributed by atoms with van der Waals surface area (Å²) >= 11 is 0. The predicted molar refractivity (Wildman–Crippen MR) is 38.4 cm³/mol. The summed E-state index contributed by atoms with van der Waals surface area (Å²) < 4.78 is 4.80. The maximum atomic E-state index is 11.1. The maximum absolute atomic E-state index is 11.1. The van der Waals surface area contributed by atoms with Crippen molar-refractivity contribution in [2.24, 2.45) is 0 Å². The molecule has 0 aromatic heterocycles. The quantitative estimate of drug-likeness (QED) is 0.289. The van der Waals surface area contributed by atoms with Gasteiger partial charge in [0, 0.05) is 0 Å². The van der Waals surface area contributed by atoms with Gasteiger partial charge in [0.25, 0.3) is 5.78 Å². The average molecular weight is 168 g/mol. The molecular weight excluding hydrogens is 160 g/mol. The third-order valence-corrected chi connectivity index (χ3v) is 1.51. The first-order valence-electron chi connectivity index (χ1n) is 3.45. The van der Waals surface area contributed by atoms with Crippen LogP contribution in [0.2, 0.25) is 0 Å². The van der Waals surface area contributed by atoms with Crippen molar-refractivity contribution in [3.8, 4) is 0 Å². The highest BCUT2D eigenvalue weighted by atomic mass is 16.6. The zero-order chi connectivity index (χ0) is 9.35. The molecular formula is C7H8N2O3. The molecule has 0 unspecified atom stereocenters. The Hall–Kier alpha value is -1.48. The van der Waals surface area contributed by atoms with Crippen LogP contribution in [-0.4, -0.2) is 27.9 Å². The topological polar surface area (TPSA) is 79.8 Å². The number of carbonyl (C=O) groups excluding carboxylic acids is 2. The standard InChI is InChI=1S/C7H8N2O3/c1-7(2)3-4(10)5(9-8)6(11)12-7/h3H2,1-2H3. The number of cyclic esters (lactones) is 1. The lowest BCUT2D eigenvalue weighted by Crippen LogP contribution is -2.44. The summed E-state index contributed by atoms with van der Waals surface area (Å²) in [5, 5.41) is 0. The normalized spacial score (nSPS) is 21.7. The first kappa shape index (κ1) is 8.62. The number of hydrogen-bond donors (Lipinski definition) is 0. The molecule has 0 saturated carbocycles. The van der Waals surface area contributed by atoms with E-state index in [1.54, 1.807) is 13.8 Å². The molecule has 0 radical (unpaired) electrons. The van der Waals surface area contributed by atoms with E-state index < -0.39 is 23.1 Å². The lowest BCUT2D eigenvalue weighted by atomic mass is 9.96. The van der Waals surface area contributed by atoms with Gasteiger partial charge in [-0.2, -0.15) is 4.79 Å². The van der Waals surface area contributed by atoms with Crippen LogP contribution in [0.4, 0.5) is 0 Å². The predicted octanol–water partition coefficient (Wildman–Crippen LogP) is -0.0482. The van der Waals surface area contributed by atoms with Crippen molar-refractivity contribution in [3.05, 3.63) is 5.53 Å². The van der Waals surface area contributed by atoms with Gasteiger partial charge in [-0.05, 0) is 13.8 Å². The monoisotopic (exact) mass is 168 g/mol. The summed E-state index contributed by atoms with van der Waals surface area (Å²) in [5.41, 5.74) is 6.96. The minimum Gasteiger partial charge on any atom is -0.450 e. The molecule has 12 heavy (non-hydrogen) atoms. The largest absolute Gasteiger partial charge is 0.450 e. The number of carbonyl (C=O) groups is 2. The zero-order valence-corrected chi connectivity index (χ0v) is 6.83. The van der Waals surface area contributed by atoms with E-state index in [9.17, 15) is 9.59 Å². The summed E-state index contributed by atoms with van der Waals surface area (Å²) in [6.07, 6.45) is 0.0537. The van der Waals surface area contributed by atoms with Crippen LogP contribution in [0.15, 0.2) is 0 Å². The Labute approximate surface area is 68.9 Å². The molecule has 0 amide bonds. The molecule has 1 fully saturated rings. The molecule has 0 N–H and O–H groups in total. The lowest BCUT2D eigenvalue weighted by molar-refractivity contribution is -0.160. The third kappa shape index (κ3) is 1.40. The molecule has 0 aromatic carbocycles. The van der Waals surface area contributed by atoms with E-state index in [0.29, 0.717) is 0 Å². The van der Waals surface area contributed by atoms with Crippen LogP contribution >= 0.6 is 0 Å². The van der Waals surface area contributed by atoms with E-state index in [1.807, 2.05) is 0 Å². The van der Waals surface area contributed by atoms with Crippen molar-refractivity contribution in [1.29, 1.82) is 0 Å². The van der Waals surface area contributed by atoms with E-state index in [1.165, 1.54) is 0 Å². The van der Waals surface area contributed by atoms with Crippen molar-refractivity contribution >= 4 is 17.5 Å². The van der Waals surface area contributed by atoms with E-state index in [4.69, 9.17) is 10.3 Å². The Kier molecular flexibility index (Phi) is 1.82. The first-order chi connectivity index (χ1) is 5.46. The molecule has 5 heteroatoms. The van der Waals surface area contributed by atoms with Gasteiger partial charge in [-0.25, -0.2) is 4.79 Å². The minimum atomic E-state index is -0.862. The van der Waals surface area contributed by atoms with Crippen LogP contribution in [0, 0.1) is 0 Å².